The van der Waals surface area contributed by atoms with E-state index in [-0.39, 0.29) is 18.1 Å². The number of ketones is 1. The molecule has 1 aliphatic carbocycles. The van der Waals surface area contributed by atoms with Gasteiger partial charge in [-0.15, -0.1) is 0 Å². The topological polar surface area (TPSA) is 26.3 Å². The zero-order valence-electron chi connectivity index (χ0n) is 10.7. The summed E-state index contributed by atoms with van der Waals surface area (Å²) >= 11 is 0. The van der Waals surface area contributed by atoms with Crippen LogP contribution < -0.4 is 0 Å². The number of rotatable bonds is 2. The molecule has 0 N–H and O–H groups in total. The van der Waals surface area contributed by atoms with Gasteiger partial charge in [0, 0.05) is 11.8 Å². The van der Waals surface area contributed by atoms with Gasteiger partial charge in [0.25, 0.3) is 0 Å². The van der Waals surface area contributed by atoms with Gasteiger partial charge in [-0.1, -0.05) is 26.2 Å². The fourth-order valence-electron chi connectivity index (χ4n) is 3.42. The predicted molar refractivity (Wildman–Crippen MR) is 64.2 cm³/mol. The minimum Gasteiger partial charge on any atom is -0.375 e. The van der Waals surface area contributed by atoms with E-state index in [2.05, 4.69) is 20.8 Å². The molecule has 0 aromatic carbocycles. The van der Waals surface area contributed by atoms with E-state index in [1.54, 1.807) is 0 Å². The van der Waals surface area contributed by atoms with Crippen LogP contribution in [-0.4, -0.2) is 18.0 Å². The van der Waals surface area contributed by atoms with Crippen molar-refractivity contribution in [1.29, 1.82) is 0 Å². The van der Waals surface area contributed by atoms with Gasteiger partial charge >= 0.3 is 0 Å². The molecule has 0 spiro atoms. The van der Waals surface area contributed by atoms with Crippen LogP contribution in [0, 0.1) is 17.8 Å². The molecule has 1 aliphatic heterocycles. The second-order valence-electron chi connectivity index (χ2n) is 5.67. The molecule has 0 radical (unpaired) electrons. The van der Waals surface area contributed by atoms with Crippen LogP contribution in [0.15, 0.2) is 0 Å². The van der Waals surface area contributed by atoms with Crippen LogP contribution in [0.5, 0.6) is 0 Å². The lowest BCUT2D eigenvalue weighted by Gasteiger charge is -2.26. The summed E-state index contributed by atoms with van der Waals surface area (Å²) in [5, 5.41) is 0. The second-order valence-corrected chi connectivity index (χ2v) is 5.67. The van der Waals surface area contributed by atoms with Crippen LogP contribution in [0.25, 0.3) is 0 Å². The van der Waals surface area contributed by atoms with Crippen molar-refractivity contribution in [2.75, 3.05) is 0 Å². The van der Waals surface area contributed by atoms with Crippen LogP contribution in [-0.2, 0) is 9.53 Å². The summed E-state index contributed by atoms with van der Waals surface area (Å²) < 4.78 is 5.78. The number of hydrogen-bond acceptors (Lipinski definition) is 2. The maximum Gasteiger partial charge on any atom is 0.141 e. The molecule has 1 saturated carbocycles. The first-order valence-electron chi connectivity index (χ1n) is 6.80. The van der Waals surface area contributed by atoms with Crippen LogP contribution >= 0.6 is 0 Å². The monoisotopic (exact) mass is 224 g/mol. The van der Waals surface area contributed by atoms with Crippen molar-refractivity contribution < 1.29 is 9.53 Å². The zero-order valence-corrected chi connectivity index (χ0v) is 10.7. The molecule has 4 atom stereocenters. The minimum absolute atomic E-state index is 0.124. The summed E-state index contributed by atoms with van der Waals surface area (Å²) in [7, 11) is 0. The van der Waals surface area contributed by atoms with Gasteiger partial charge in [0.1, 0.15) is 5.78 Å². The lowest BCUT2D eigenvalue weighted by Crippen LogP contribution is -2.33. The molecule has 0 aromatic rings. The van der Waals surface area contributed by atoms with Gasteiger partial charge in [-0.2, -0.15) is 0 Å². The average molecular weight is 224 g/mol. The quantitative estimate of drug-likeness (QED) is 0.720. The van der Waals surface area contributed by atoms with Crippen molar-refractivity contribution in [2.24, 2.45) is 17.8 Å². The van der Waals surface area contributed by atoms with Crippen molar-refractivity contribution >= 4 is 5.78 Å². The third-order valence-electron chi connectivity index (χ3n) is 4.58. The van der Waals surface area contributed by atoms with Crippen LogP contribution in [0.3, 0.4) is 0 Å². The Labute approximate surface area is 98.7 Å². The fraction of sp³-hybridized carbons (Fsp3) is 0.929. The highest BCUT2D eigenvalue weighted by molar-refractivity contribution is 5.84. The molecular weight excluding hydrogens is 200 g/mol. The number of hydrogen-bond donors (Lipinski definition) is 0. The van der Waals surface area contributed by atoms with E-state index < -0.39 is 0 Å². The molecule has 1 saturated heterocycles. The minimum atomic E-state index is 0.124. The highest BCUT2D eigenvalue weighted by atomic mass is 16.5. The lowest BCUT2D eigenvalue weighted by atomic mass is 9.76. The Balaban J connectivity index is 2.02. The summed E-state index contributed by atoms with van der Waals surface area (Å²) in [4.78, 5) is 12.5. The molecular formula is C14H24O2. The first kappa shape index (κ1) is 12.1. The zero-order chi connectivity index (χ0) is 11.7. The van der Waals surface area contributed by atoms with Crippen LogP contribution in [0.1, 0.15) is 52.9 Å². The van der Waals surface area contributed by atoms with Crippen molar-refractivity contribution in [2.45, 2.75) is 65.1 Å². The van der Waals surface area contributed by atoms with Crippen molar-refractivity contribution in [3.05, 3.63) is 0 Å². The average Bonchev–Trinajstić information content (AvgIpc) is 2.54. The molecule has 0 aromatic heterocycles. The largest absolute Gasteiger partial charge is 0.375 e. The maximum atomic E-state index is 12.5. The molecule has 4 unspecified atom stereocenters. The molecule has 2 rings (SSSR count). The Bertz CT molecular complexity index is 255. The molecule has 1 heterocycles. The van der Waals surface area contributed by atoms with Gasteiger partial charge < -0.3 is 4.74 Å². The van der Waals surface area contributed by atoms with Gasteiger partial charge in [0.05, 0.1) is 12.2 Å². The summed E-state index contributed by atoms with van der Waals surface area (Å²) in [5.74, 6) is 1.36. The van der Waals surface area contributed by atoms with E-state index in [1.807, 2.05) is 0 Å². The lowest BCUT2D eigenvalue weighted by molar-refractivity contribution is -0.130. The Morgan fingerprint density at radius 2 is 1.62 bits per heavy atom. The highest BCUT2D eigenvalue weighted by Crippen LogP contribution is 2.37. The third kappa shape index (κ3) is 2.17. The molecule has 2 aliphatic rings. The molecule has 2 nitrogen and oxygen atoms in total. The van der Waals surface area contributed by atoms with Crippen molar-refractivity contribution in [3.8, 4) is 0 Å². The van der Waals surface area contributed by atoms with Crippen LogP contribution in [0.2, 0.25) is 0 Å². The van der Waals surface area contributed by atoms with Gasteiger partial charge in [0.2, 0.25) is 0 Å². The summed E-state index contributed by atoms with van der Waals surface area (Å²) in [6.07, 6.45) is 6.38. The predicted octanol–water partition coefficient (Wildman–Crippen LogP) is 3.20. The summed E-state index contributed by atoms with van der Waals surface area (Å²) in [6, 6.07) is 0. The highest BCUT2D eigenvalue weighted by Gasteiger charge is 2.43. The Kier molecular flexibility index (Phi) is 3.68. The first-order valence-corrected chi connectivity index (χ1v) is 6.80. The first-order chi connectivity index (χ1) is 7.61. The number of carbonyl (C=O) groups is 1. The van der Waals surface area contributed by atoms with Gasteiger partial charge in [-0.3, -0.25) is 4.79 Å². The van der Waals surface area contributed by atoms with E-state index in [4.69, 9.17) is 4.74 Å². The third-order valence-corrected chi connectivity index (χ3v) is 4.58. The SMILES string of the molecule is CC1OC(C)C(C(=O)C2CCCCC2)C1C. The van der Waals surface area contributed by atoms with E-state index in [0.29, 0.717) is 17.6 Å². The molecule has 2 heteroatoms. The maximum absolute atomic E-state index is 12.5. The Morgan fingerprint density at radius 1 is 1.00 bits per heavy atom. The summed E-state index contributed by atoms with van der Waals surface area (Å²) in [5.41, 5.74) is 0. The van der Waals surface area contributed by atoms with Gasteiger partial charge in [-0.05, 0) is 32.6 Å². The van der Waals surface area contributed by atoms with E-state index >= 15 is 0 Å². The van der Waals surface area contributed by atoms with Gasteiger partial charge in [0.15, 0.2) is 0 Å². The fourth-order valence-corrected chi connectivity index (χ4v) is 3.42. The molecule has 2 fully saturated rings. The van der Waals surface area contributed by atoms with E-state index in [9.17, 15) is 4.79 Å². The number of Topliss-reactive ketones (excluding diaryl/α,β-unsaturated/α-hetero) is 1. The summed E-state index contributed by atoms with van der Waals surface area (Å²) in [6.45, 7) is 6.32. The van der Waals surface area contributed by atoms with Crippen LogP contribution in [0.4, 0.5) is 0 Å². The second kappa shape index (κ2) is 4.87. The molecule has 16 heavy (non-hydrogen) atoms. The van der Waals surface area contributed by atoms with E-state index in [1.165, 1.54) is 19.3 Å². The standard InChI is InChI=1S/C14H24O2/c1-9-10(2)16-11(3)13(9)14(15)12-7-5-4-6-8-12/h9-13H,4-8H2,1-3H3. The number of carbonyl (C=O) groups excluding carboxylic acids is 1. The van der Waals surface area contributed by atoms with Crippen molar-refractivity contribution in [3.63, 3.8) is 0 Å². The molecule has 92 valence electrons. The van der Waals surface area contributed by atoms with E-state index in [0.717, 1.165) is 12.8 Å². The van der Waals surface area contributed by atoms with Gasteiger partial charge in [-0.25, -0.2) is 0 Å². The van der Waals surface area contributed by atoms with Crippen molar-refractivity contribution in [1.82, 2.24) is 0 Å². The Morgan fingerprint density at radius 3 is 2.12 bits per heavy atom. The number of ether oxygens (including phenoxy) is 1. The smallest absolute Gasteiger partial charge is 0.141 e. The normalized spacial score (nSPS) is 41.2. The Hall–Kier alpha value is -0.370. The molecule has 0 bridgehead atoms. The molecule has 0 amide bonds.